The molecule has 0 bridgehead atoms. The van der Waals surface area contributed by atoms with Gasteiger partial charge in [0.2, 0.25) is 0 Å². The summed E-state index contributed by atoms with van der Waals surface area (Å²) >= 11 is 0. The Morgan fingerprint density at radius 3 is 2.90 bits per heavy atom. The van der Waals surface area contributed by atoms with Crippen LogP contribution in [-0.4, -0.2) is 30.7 Å². The van der Waals surface area contributed by atoms with Crippen molar-refractivity contribution in [3.05, 3.63) is 42.3 Å². The van der Waals surface area contributed by atoms with Crippen molar-refractivity contribution < 1.29 is 18.7 Å². The Morgan fingerprint density at radius 2 is 2.15 bits per heavy atom. The Bertz CT molecular complexity index is 539. The quantitative estimate of drug-likeness (QED) is 0.618. The van der Waals surface area contributed by atoms with Gasteiger partial charge in [0.25, 0.3) is 6.01 Å². The molecule has 1 aromatic heterocycles. The van der Waals surface area contributed by atoms with E-state index in [1.165, 1.54) is 6.26 Å². The third-order valence-corrected chi connectivity index (χ3v) is 2.38. The fourth-order valence-electron chi connectivity index (χ4n) is 1.50. The molecule has 1 heterocycles. The number of benzene rings is 1. The SMILES string of the molecule is CCOC(=O)c1coc(NCCOc2ccccc2)n1. The highest BCUT2D eigenvalue weighted by molar-refractivity contribution is 5.87. The lowest BCUT2D eigenvalue weighted by Crippen LogP contribution is -2.12. The Hall–Kier alpha value is -2.50. The summed E-state index contributed by atoms with van der Waals surface area (Å²) in [6.45, 7) is 3.01. The average molecular weight is 276 g/mol. The van der Waals surface area contributed by atoms with Crippen molar-refractivity contribution in [2.24, 2.45) is 0 Å². The van der Waals surface area contributed by atoms with Gasteiger partial charge in [0.05, 0.1) is 13.2 Å². The van der Waals surface area contributed by atoms with E-state index in [0.29, 0.717) is 19.8 Å². The maximum atomic E-state index is 11.4. The summed E-state index contributed by atoms with van der Waals surface area (Å²) in [5.41, 5.74) is 0.151. The molecule has 0 spiro atoms. The minimum Gasteiger partial charge on any atom is -0.492 e. The Labute approximate surface area is 116 Å². The lowest BCUT2D eigenvalue weighted by Gasteiger charge is -2.05. The van der Waals surface area contributed by atoms with Crippen LogP contribution in [0.15, 0.2) is 41.0 Å². The first kappa shape index (κ1) is 13.9. The second kappa shape index (κ2) is 7.18. The molecule has 6 nitrogen and oxygen atoms in total. The molecule has 0 fully saturated rings. The third-order valence-electron chi connectivity index (χ3n) is 2.38. The summed E-state index contributed by atoms with van der Waals surface area (Å²) in [6.07, 6.45) is 1.26. The van der Waals surface area contributed by atoms with Crippen LogP contribution in [0.2, 0.25) is 0 Å². The molecule has 1 aromatic carbocycles. The van der Waals surface area contributed by atoms with Crippen molar-refractivity contribution in [3.8, 4) is 5.75 Å². The van der Waals surface area contributed by atoms with Crippen molar-refractivity contribution in [3.63, 3.8) is 0 Å². The Kier molecular flexibility index (Phi) is 5.00. The largest absolute Gasteiger partial charge is 0.492 e. The zero-order chi connectivity index (χ0) is 14.2. The molecular formula is C14H16N2O4. The van der Waals surface area contributed by atoms with Crippen LogP contribution in [0.1, 0.15) is 17.4 Å². The minimum absolute atomic E-state index is 0.151. The molecule has 0 radical (unpaired) electrons. The minimum atomic E-state index is -0.496. The van der Waals surface area contributed by atoms with Gasteiger partial charge in [-0.1, -0.05) is 18.2 Å². The van der Waals surface area contributed by atoms with E-state index in [4.69, 9.17) is 13.9 Å². The van der Waals surface area contributed by atoms with Crippen molar-refractivity contribution in [1.29, 1.82) is 0 Å². The molecular weight excluding hydrogens is 260 g/mol. The average Bonchev–Trinajstić information content (AvgIpc) is 2.94. The molecule has 1 N–H and O–H groups in total. The first-order chi connectivity index (χ1) is 9.79. The van der Waals surface area contributed by atoms with Crippen LogP contribution < -0.4 is 10.1 Å². The predicted molar refractivity (Wildman–Crippen MR) is 72.9 cm³/mol. The maximum absolute atomic E-state index is 11.4. The molecule has 0 aliphatic rings. The molecule has 0 aliphatic heterocycles. The van der Waals surface area contributed by atoms with E-state index >= 15 is 0 Å². The number of anilines is 1. The van der Waals surface area contributed by atoms with E-state index < -0.39 is 5.97 Å². The predicted octanol–water partition coefficient (Wildman–Crippen LogP) is 2.34. The van der Waals surface area contributed by atoms with Crippen molar-refractivity contribution in [2.75, 3.05) is 25.1 Å². The standard InChI is InChI=1S/C14H16N2O4/c1-2-18-13(17)12-10-20-14(16-12)15-8-9-19-11-6-4-3-5-7-11/h3-7,10H,2,8-9H2,1H3,(H,15,16). The van der Waals surface area contributed by atoms with E-state index in [2.05, 4.69) is 10.3 Å². The van der Waals surface area contributed by atoms with Crippen molar-refractivity contribution in [2.45, 2.75) is 6.92 Å². The fraction of sp³-hybridized carbons (Fsp3) is 0.286. The van der Waals surface area contributed by atoms with E-state index in [1.807, 2.05) is 30.3 Å². The Morgan fingerprint density at radius 1 is 1.35 bits per heavy atom. The van der Waals surface area contributed by atoms with E-state index in [9.17, 15) is 4.79 Å². The fourth-order valence-corrected chi connectivity index (χ4v) is 1.50. The summed E-state index contributed by atoms with van der Waals surface area (Å²) in [7, 11) is 0. The zero-order valence-electron chi connectivity index (χ0n) is 11.2. The maximum Gasteiger partial charge on any atom is 0.360 e. The second-order valence-electron chi connectivity index (χ2n) is 3.85. The first-order valence-corrected chi connectivity index (χ1v) is 6.34. The smallest absolute Gasteiger partial charge is 0.360 e. The van der Waals surface area contributed by atoms with Gasteiger partial charge in [-0.15, -0.1) is 0 Å². The molecule has 0 amide bonds. The topological polar surface area (TPSA) is 73.6 Å². The molecule has 0 unspecified atom stereocenters. The third kappa shape index (κ3) is 4.01. The van der Waals surface area contributed by atoms with Gasteiger partial charge in [0.15, 0.2) is 5.69 Å². The lowest BCUT2D eigenvalue weighted by molar-refractivity contribution is 0.0519. The number of para-hydroxylation sites is 1. The van der Waals surface area contributed by atoms with Gasteiger partial charge in [-0.2, -0.15) is 4.98 Å². The van der Waals surface area contributed by atoms with E-state index in [-0.39, 0.29) is 11.7 Å². The van der Waals surface area contributed by atoms with Crippen LogP contribution in [0, 0.1) is 0 Å². The second-order valence-corrected chi connectivity index (χ2v) is 3.85. The molecule has 0 saturated heterocycles. The van der Waals surface area contributed by atoms with Gasteiger partial charge in [-0.3, -0.25) is 0 Å². The monoisotopic (exact) mass is 276 g/mol. The highest BCUT2D eigenvalue weighted by atomic mass is 16.5. The summed E-state index contributed by atoms with van der Waals surface area (Å²) in [5.74, 6) is 0.304. The van der Waals surface area contributed by atoms with Crippen LogP contribution >= 0.6 is 0 Å². The molecule has 0 atom stereocenters. The molecule has 0 aliphatic carbocycles. The van der Waals surface area contributed by atoms with Crippen LogP contribution in [0.3, 0.4) is 0 Å². The van der Waals surface area contributed by atoms with Gasteiger partial charge in [-0.05, 0) is 19.1 Å². The number of carbonyl (C=O) groups excluding carboxylic acids is 1. The van der Waals surface area contributed by atoms with Gasteiger partial charge >= 0.3 is 5.97 Å². The molecule has 20 heavy (non-hydrogen) atoms. The summed E-state index contributed by atoms with van der Waals surface area (Å²) in [6, 6.07) is 9.76. The summed E-state index contributed by atoms with van der Waals surface area (Å²) in [4.78, 5) is 15.3. The van der Waals surface area contributed by atoms with Crippen LogP contribution in [0.25, 0.3) is 0 Å². The molecule has 2 aromatic rings. The first-order valence-electron chi connectivity index (χ1n) is 6.34. The number of hydrogen-bond acceptors (Lipinski definition) is 6. The van der Waals surface area contributed by atoms with Gasteiger partial charge < -0.3 is 19.2 Å². The number of ether oxygens (including phenoxy) is 2. The van der Waals surface area contributed by atoms with Crippen LogP contribution in [-0.2, 0) is 4.74 Å². The molecule has 6 heteroatoms. The number of hydrogen-bond donors (Lipinski definition) is 1. The molecule has 106 valence electrons. The van der Waals surface area contributed by atoms with Gasteiger partial charge in [-0.25, -0.2) is 4.79 Å². The molecule has 0 saturated carbocycles. The van der Waals surface area contributed by atoms with Crippen molar-refractivity contribution in [1.82, 2.24) is 4.98 Å². The lowest BCUT2D eigenvalue weighted by atomic mass is 10.3. The molecule has 2 rings (SSSR count). The number of esters is 1. The van der Waals surface area contributed by atoms with Crippen LogP contribution in [0.4, 0.5) is 6.01 Å². The van der Waals surface area contributed by atoms with Gasteiger partial charge in [0, 0.05) is 0 Å². The van der Waals surface area contributed by atoms with E-state index in [1.54, 1.807) is 6.92 Å². The summed E-state index contributed by atoms with van der Waals surface area (Å²) in [5, 5.41) is 2.92. The number of nitrogens with zero attached hydrogens (tertiary/aromatic N) is 1. The Balaban J connectivity index is 1.73. The zero-order valence-corrected chi connectivity index (χ0v) is 11.2. The van der Waals surface area contributed by atoms with Gasteiger partial charge in [0.1, 0.15) is 18.6 Å². The highest BCUT2D eigenvalue weighted by Gasteiger charge is 2.12. The number of rotatable bonds is 7. The van der Waals surface area contributed by atoms with E-state index in [0.717, 1.165) is 5.75 Å². The number of nitrogens with one attached hydrogen (secondary N) is 1. The highest BCUT2D eigenvalue weighted by Crippen LogP contribution is 2.10. The number of oxazole rings is 1. The van der Waals surface area contributed by atoms with Crippen LogP contribution in [0.5, 0.6) is 5.75 Å². The number of aromatic nitrogens is 1. The normalized spacial score (nSPS) is 10.1. The number of carbonyl (C=O) groups is 1. The summed E-state index contributed by atoms with van der Waals surface area (Å²) < 4.78 is 15.4. The van der Waals surface area contributed by atoms with Crippen molar-refractivity contribution >= 4 is 12.0 Å².